The molecule has 0 fully saturated rings. The Morgan fingerprint density at radius 3 is 2.20 bits per heavy atom. The minimum absolute atomic E-state index is 0.0907. The van der Waals surface area contributed by atoms with Crippen LogP contribution in [-0.2, 0) is 20.5 Å². The first-order valence-electron chi connectivity index (χ1n) is 8.23. The number of fused-ring (bicyclic) bond motifs is 1. The van der Waals surface area contributed by atoms with Crippen molar-refractivity contribution < 1.29 is 4.79 Å². The Balaban J connectivity index is 1.84. The third-order valence-corrected chi connectivity index (χ3v) is 4.49. The zero-order chi connectivity index (χ0) is 18.1. The van der Waals surface area contributed by atoms with Gasteiger partial charge in [-0.2, -0.15) is 0 Å². The minimum atomic E-state index is -0.312. The molecule has 2 amide bonds. The van der Waals surface area contributed by atoms with Crippen LogP contribution in [0.15, 0.2) is 41.2 Å². The van der Waals surface area contributed by atoms with Gasteiger partial charge in [-0.1, -0.05) is 19.1 Å². The van der Waals surface area contributed by atoms with Gasteiger partial charge in [0.1, 0.15) is 0 Å². The van der Waals surface area contributed by atoms with E-state index in [1.807, 2.05) is 43.3 Å². The fourth-order valence-electron chi connectivity index (χ4n) is 2.89. The van der Waals surface area contributed by atoms with Crippen LogP contribution < -0.4 is 16.3 Å². The van der Waals surface area contributed by atoms with E-state index >= 15 is 0 Å². The first-order valence-corrected chi connectivity index (χ1v) is 8.23. The van der Waals surface area contributed by atoms with E-state index in [1.165, 1.54) is 5.56 Å². The maximum atomic E-state index is 12.3. The molecule has 3 rings (SSSR count). The number of carbonyl (C=O) groups is 1. The van der Waals surface area contributed by atoms with Crippen LogP contribution in [0.4, 0.5) is 16.2 Å². The quantitative estimate of drug-likeness (QED) is 0.768. The van der Waals surface area contributed by atoms with Crippen LogP contribution in [0.3, 0.4) is 0 Å². The Hall–Kier alpha value is -3.02. The number of nitrogens with one attached hydrogen (secondary N) is 2. The van der Waals surface area contributed by atoms with Gasteiger partial charge >= 0.3 is 11.7 Å². The average molecular weight is 338 g/mol. The molecule has 0 radical (unpaired) electrons. The molecule has 1 aromatic heterocycles. The lowest BCUT2D eigenvalue weighted by Crippen LogP contribution is -2.20. The van der Waals surface area contributed by atoms with Gasteiger partial charge in [-0.3, -0.25) is 9.13 Å². The molecule has 3 aromatic rings. The Morgan fingerprint density at radius 1 is 1.00 bits per heavy atom. The highest BCUT2D eigenvalue weighted by atomic mass is 16.2. The maximum absolute atomic E-state index is 12.3. The number of hydrogen-bond acceptors (Lipinski definition) is 2. The van der Waals surface area contributed by atoms with Crippen LogP contribution in [0.2, 0.25) is 0 Å². The number of aromatic nitrogens is 2. The molecule has 0 unspecified atom stereocenters. The number of rotatable bonds is 3. The number of amides is 2. The van der Waals surface area contributed by atoms with E-state index in [9.17, 15) is 9.59 Å². The Morgan fingerprint density at radius 2 is 1.60 bits per heavy atom. The molecule has 1 heterocycles. The Labute approximate surface area is 146 Å². The summed E-state index contributed by atoms with van der Waals surface area (Å²) in [4.78, 5) is 24.3. The van der Waals surface area contributed by atoms with Crippen molar-refractivity contribution in [1.29, 1.82) is 0 Å². The molecule has 0 saturated carbocycles. The van der Waals surface area contributed by atoms with Gasteiger partial charge in [0.05, 0.1) is 11.0 Å². The highest BCUT2D eigenvalue weighted by Gasteiger charge is 2.12. The second-order valence-corrected chi connectivity index (χ2v) is 6.19. The predicted molar refractivity (Wildman–Crippen MR) is 101 cm³/mol. The summed E-state index contributed by atoms with van der Waals surface area (Å²) in [6, 6.07) is 11.2. The van der Waals surface area contributed by atoms with E-state index in [0.717, 1.165) is 28.7 Å². The second-order valence-electron chi connectivity index (χ2n) is 6.19. The molecular weight excluding hydrogens is 316 g/mol. The van der Waals surface area contributed by atoms with Crippen molar-refractivity contribution in [3.8, 4) is 0 Å². The molecule has 0 saturated heterocycles. The topological polar surface area (TPSA) is 68.1 Å². The van der Waals surface area contributed by atoms with Crippen molar-refractivity contribution >= 4 is 28.4 Å². The molecule has 0 aliphatic carbocycles. The van der Waals surface area contributed by atoms with E-state index in [2.05, 4.69) is 17.6 Å². The highest BCUT2D eigenvalue weighted by molar-refractivity contribution is 6.01. The third kappa shape index (κ3) is 3.15. The summed E-state index contributed by atoms with van der Waals surface area (Å²) in [5.41, 5.74) is 5.05. The number of nitrogens with zero attached hydrogens (tertiary/aromatic N) is 2. The first-order chi connectivity index (χ1) is 11.9. The number of carbonyl (C=O) groups excluding carboxylic acids is 1. The van der Waals surface area contributed by atoms with Gasteiger partial charge in [0, 0.05) is 25.5 Å². The van der Waals surface area contributed by atoms with Crippen LogP contribution in [0.25, 0.3) is 11.0 Å². The number of urea groups is 1. The molecule has 2 N–H and O–H groups in total. The van der Waals surface area contributed by atoms with Crippen molar-refractivity contribution in [3.05, 3.63) is 58.0 Å². The molecular formula is C19H22N4O2. The SMILES string of the molecule is CCc1ccc(NC(=O)Nc2cc3c(cc2C)n(C)c(=O)n3C)cc1. The summed E-state index contributed by atoms with van der Waals surface area (Å²) in [7, 11) is 3.46. The minimum Gasteiger partial charge on any atom is -0.308 e. The van der Waals surface area contributed by atoms with Crippen molar-refractivity contribution in [1.82, 2.24) is 9.13 Å². The molecule has 130 valence electrons. The van der Waals surface area contributed by atoms with Crippen LogP contribution in [0, 0.1) is 6.92 Å². The average Bonchev–Trinajstić information content (AvgIpc) is 2.80. The lowest BCUT2D eigenvalue weighted by molar-refractivity contribution is 0.262. The molecule has 0 bridgehead atoms. The molecule has 6 heteroatoms. The van der Waals surface area contributed by atoms with Crippen LogP contribution in [-0.4, -0.2) is 15.2 Å². The number of benzene rings is 2. The lowest BCUT2D eigenvalue weighted by Gasteiger charge is -2.11. The monoisotopic (exact) mass is 338 g/mol. The molecule has 0 aliphatic heterocycles. The predicted octanol–water partition coefficient (Wildman–Crippen LogP) is 3.39. The van der Waals surface area contributed by atoms with Gasteiger partial charge in [-0.25, -0.2) is 9.59 Å². The van der Waals surface area contributed by atoms with Gasteiger partial charge in [0.25, 0.3) is 0 Å². The van der Waals surface area contributed by atoms with E-state index < -0.39 is 0 Å². The van der Waals surface area contributed by atoms with Crippen molar-refractivity contribution in [2.45, 2.75) is 20.3 Å². The zero-order valence-electron chi connectivity index (χ0n) is 14.9. The summed E-state index contributed by atoms with van der Waals surface area (Å²) < 4.78 is 3.17. The van der Waals surface area contributed by atoms with Crippen LogP contribution in [0.1, 0.15) is 18.1 Å². The standard InChI is InChI=1S/C19H22N4O2/c1-5-13-6-8-14(9-7-13)20-18(24)21-15-11-17-16(10-12(15)2)22(3)19(25)23(17)4/h6-11H,5H2,1-4H3,(H2,20,21,24). The molecule has 0 atom stereocenters. The molecule has 2 aromatic carbocycles. The van der Waals surface area contributed by atoms with E-state index in [0.29, 0.717) is 5.69 Å². The largest absolute Gasteiger partial charge is 0.328 e. The van der Waals surface area contributed by atoms with Gasteiger partial charge in [-0.05, 0) is 48.7 Å². The van der Waals surface area contributed by atoms with Gasteiger partial charge in [0.15, 0.2) is 0 Å². The molecule has 0 aliphatic rings. The number of aryl methyl sites for hydroxylation is 4. The summed E-state index contributed by atoms with van der Waals surface area (Å²) in [5, 5.41) is 5.69. The molecule has 6 nitrogen and oxygen atoms in total. The van der Waals surface area contributed by atoms with Gasteiger partial charge in [0.2, 0.25) is 0 Å². The first kappa shape index (κ1) is 16.8. The van der Waals surface area contributed by atoms with Gasteiger partial charge < -0.3 is 10.6 Å². The highest BCUT2D eigenvalue weighted by Crippen LogP contribution is 2.23. The Kier molecular flexibility index (Phi) is 4.35. The fraction of sp³-hybridized carbons (Fsp3) is 0.263. The van der Waals surface area contributed by atoms with E-state index in [4.69, 9.17) is 0 Å². The van der Waals surface area contributed by atoms with Crippen molar-refractivity contribution in [2.75, 3.05) is 10.6 Å². The van der Waals surface area contributed by atoms with Crippen molar-refractivity contribution in [2.24, 2.45) is 14.1 Å². The maximum Gasteiger partial charge on any atom is 0.328 e. The van der Waals surface area contributed by atoms with Crippen molar-refractivity contribution in [3.63, 3.8) is 0 Å². The summed E-state index contributed by atoms with van der Waals surface area (Å²) >= 11 is 0. The smallest absolute Gasteiger partial charge is 0.308 e. The summed E-state index contributed by atoms with van der Waals surface area (Å²) in [6.45, 7) is 3.99. The number of anilines is 2. The lowest BCUT2D eigenvalue weighted by atomic mass is 10.1. The third-order valence-electron chi connectivity index (χ3n) is 4.49. The number of imidazole rings is 1. The van der Waals surface area contributed by atoms with E-state index in [-0.39, 0.29) is 11.7 Å². The molecule has 25 heavy (non-hydrogen) atoms. The van der Waals surface area contributed by atoms with Crippen LogP contribution >= 0.6 is 0 Å². The number of hydrogen-bond donors (Lipinski definition) is 2. The molecule has 0 spiro atoms. The summed E-state index contributed by atoms with van der Waals surface area (Å²) in [5.74, 6) is 0. The fourth-order valence-corrected chi connectivity index (χ4v) is 2.89. The Bertz CT molecular complexity index is 997. The van der Waals surface area contributed by atoms with Crippen LogP contribution in [0.5, 0.6) is 0 Å². The second kappa shape index (κ2) is 6.47. The summed E-state index contributed by atoms with van der Waals surface area (Å²) in [6.07, 6.45) is 0.960. The van der Waals surface area contributed by atoms with E-state index in [1.54, 1.807) is 23.2 Å². The van der Waals surface area contributed by atoms with Gasteiger partial charge in [-0.15, -0.1) is 0 Å². The normalized spacial score (nSPS) is 10.9. The zero-order valence-corrected chi connectivity index (χ0v) is 14.9.